The largest absolute Gasteiger partial charge is 0.493 e. The van der Waals surface area contributed by atoms with E-state index in [0.717, 1.165) is 6.42 Å². The Morgan fingerprint density at radius 1 is 1.13 bits per heavy atom. The molecule has 2 rings (SSSR count). The number of hydrogen-bond donors (Lipinski definition) is 0. The highest BCUT2D eigenvalue weighted by Crippen LogP contribution is 2.22. The van der Waals surface area contributed by atoms with Crippen LogP contribution in [0.2, 0.25) is 0 Å². The van der Waals surface area contributed by atoms with E-state index in [1.165, 1.54) is 6.08 Å². The Hall–Kier alpha value is -3.06. The molecule has 2 aromatic carbocycles. The van der Waals surface area contributed by atoms with Crippen molar-refractivity contribution in [1.82, 2.24) is 0 Å². The number of hydrogen-bond acceptors (Lipinski definition) is 4. The molecular formula is C19H17NO3. The third kappa shape index (κ3) is 4.72. The summed E-state index contributed by atoms with van der Waals surface area (Å²) < 4.78 is 10.8. The van der Waals surface area contributed by atoms with E-state index < -0.39 is 5.97 Å². The molecule has 2 aromatic rings. The molecule has 23 heavy (non-hydrogen) atoms. The molecule has 4 nitrogen and oxygen atoms in total. The van der Waals surface area contributed by atoms with Crippen LogP contribution in [0, 0.1) is 11.3 Å². The predicted octanol–water partition coefficient (Wildman–Crippen LogP) is 3.99. The number of rotatable bonds is 6. The van der Waals surface area contributed by atoms with E-state index in [1.54, 1.807) is 36.4 Å². The van der Waals surface area contributed by atoms with E-state index in [1.807, 2.05) is 31.2 Å². The molecule has 0 radical (unpaired) electrons. The lowest BCUT2D eigenvalue weighted by molar-refractivity contribution is -0.129. The Balaban J connectivity index is 2.22. The summed E-state index contributed by atoms with van der Waals surface area (Å²) in [6, 6.07) is 17.8. The van der Waals surface area contributed by atoms with Gasteiger partial charge in [0.15, 0.2) is 0 Å². The fourth-order valence-corrected chi connectivity index (χ4v) is 1.89. The summed E-state index contributed by atoms with van der Waals surface area (Å²) in [7, 11) is 0. The molecule has 0 saturated heterocycles. The normalized spacial score (nSPS) is 10.7. The van der Waals surface area contributed by atoms with Crippen LogP contribution in [0.25, 0.3) is 6.08 Å². The van der Waals surface area contributed by atoms with Gasteiger partial charge in [0, 0.05) is 5.56 Å². The quantitative estimate of drug-likeness (QED) is 0.350. The number of carbonyl (C=O) groups is 1. The Kier molecular flexibility index (Phi) is 5.96. The molecule has 0 atom stereocenters. The van der Waals surface area contributed by atoms with Gasteiger partial charge in [0.25, 0.3) is 0 Å². The van der Waals surface area contributed by atoms with Crippen LogP contribution in [0.5, 0.6) is 11.5 Å². The van der Waals surface area contributed by atoms with Crippen molar-refractivity contribution in [3.8, 4) is 17.6 Å². The van der Waals surface area contributed by atoms with Gasteiger partial charge in [-0.25, -0.2) is 4.79 Å². The zero-order chi connectivity index (χ0) is 16.5. The smallest absolute Gasteiger partial charge is 0.354 e. The molecule has 0 saturated carbocycles. The Bertz CT molecular complexity index is 730. The summed E-state index contributed by atoms with van der Waals surface area (Å²) in [4.78, 5) is 12.1. The van der Waals surface area contributed by atoms with Gasteiger partial charge in [-0.3, -0.25) is 0 Å². The Morgan fingerprint density at radius 3 is 2.52 bits per heavy atom. The molecule has 0 fully saturated rings. The van der Waals surface area contributed by atoms with Crippen molar-refractivity contribution in [3.05, 3.63) is 65.7 Å². The maximum Gasteiger partial charge on any atom is 0.354 e. The number of para-hydroxylation sites is 2. The minimum atomic E-state index is -0.691. The fourth-order valence-electron chi connectivity index (χ4n) is 1.89. The first-order valence-corrected chi connectivity index (χ1v) is 7.35. The average molecular weight is 307 g/mol. The van der Waals surface area contributed by atoms with Gasteiger partial charge in [-0.1, -0.05) is 43.3 Å². The molecule has 0 aliphatic rings. The number of nitrogens with zero attached hydrogens (tertiary/aromatic N) is 1. The third-order valence-corrected chi connectivity index (χ3v) is 2.97. The molecule has 0 amide bonds. The molecule has 0 aliphatic heterocycles. The second kappa shape index (κ2) is 8.40. The molecule has 0 spiro atoms. The van der Waals surface area contributed by atoms with E-state index >= 15 is 0 Å². The van der Waals surface area contributed by atoms with Gasteiger partial charge < -0.3 is 9.47 Å². The summed E-state index contributed by atoms with van der Waals surface area (Å²) in [6.45, 7) is 2.58. The van der Waals surface area contributed by atoms with E-state index in [9.17, 15) is 10.1 Å². The van der Waals surface area contributed by atoms with Gasteiger partial charge >= 0.3 is 5.97 Å². The Labute approximate surface area is 135 Å². The van der Waals surface area contributed by atoms with Crippen molar-refractivity contribution >= 4 is 12.0 Å². The van der Waals surface area contributed by atoms with Gasteiger partial charge in [0.05, 0.1) is 6.61 Å². The molecule has 116 valence electrons. The summed E-state index contributed by atoms with van der Waals surface area (Å²) in [5.41, 5.74) is 0.587. The molecule has 0 aliphatic carbocycles. The average Bonchev–Trinajstić information content (AvgIpc) is 2.59. The van der Waals surface area contributed by atoms with Crippen LogP contribution in [-0.2, 0) is 4.79 Å². The van der Waals surface area contributed by atoms with Crippen LogP contribution < -0.4 is 9.47 Å². The maximum atomic E-state index is 12.1. The number of benzene rings is 2. The molecule has 0 aromatic heterocycles. The van der Waals surface area contributed by atoms with Gasteiger partial charge in [-0.2, -0.15) is 5.26 Å². The topological polar surface area (TPSA) is 59.3 Å². The van der Waals surface area contributed by atoms with Crippen LogP contribution >= 0.6 is 0 Å². The number of carbonyl (C=O) groups excluding carboxylic acids is 1. The van der Waals surface area contributed by atoms with E-state index in [4.69, 9.17) is 9.47 Å². The van der Waals surface area contributed by atoms with Crippen molar-refractivity contribution in [2.75, 3.05) is 6.61 Å². The van der Waals surface area contributed by atoms with Crippen LogP contribution in [0.1, 0.15) is 18.9 Å². The summed E-state index contributed by atoms with van der Waals surface area (Å²) >= 11 is 0. The van der Waals surface area contributed by atoms with Crippen molar-refractivity contribution in [2.24, 2.45) is 0 Å². The number of nitriles is 1. The van der Waals surface area contributed by atoms with Gasteiger partial charge in [-0.05, 0) is 30.7 Å². The first kappa shape index (κ1) is 16.3. The highest BCUT2D eigenvalue weighted by atomic mass is 16.5. The molecule has 4 heteroatoms. The first-order chi connectivity index (χ1) is 11.2. The molecular weight excluding hydrogens is 290 g/mol. The van der Waals surface area contributed by atoms with Gasteiger partial charge in [-0.15, -0.1) is 0 Å². The predicted molar refractivity (Wildman–Crippen MR) is 87.9 cm³/mol. The monoisotopic (exact) mass is 307 g/mol. The van der Waals surface area contributed by atoms with Gasteiger partial charge in [0.1, 0.15) is 23.1 Å². The third-order valence-electron chi connectivity index (χ3n) is 2.97. The standard InChI is InChI=1S/C19H17NO3/c1-2-12-22-18-11-7-6-8-15(18)13-16(14-20)19(21)23-17-9-4-3-5-10-17/h3-11,13H,2,12H2,1H3/b16-13+. The minimum absolute atomic E-state index is 0.0820. The van der Waals surface area contributed by atoms with Crippen LogP contribution in [-0.4, -0.2) is 12.6 Å². The van der Waals surface area contributed by atoms with Crippen molar-refractivity contribution in [1.29, 1.82) is 5.26 Å². The highest BCUT2D eigenvalue weighted by Gasteiger charge is 2.13. The number of esters is 1. The lowest BCUT2D eigenvalue weighted by atomic mass is 10.1. The molecule has 0 heterocycles. The second-order valence-electron chi connectivity index (χ2n) is 4.76. The maximum absolute atomic E-state index is 12.1. The molecule has 0 bridgehead atoms. The van der Waals surface area contributed by atoms with Crippen LogP contribution in [0.15, 0.2) is 60.2 Å². The zero-order valence-electron chi connectivity index (χ0n) is 12.9. The van der Waals surface area contributed by atoms with Crippen molar-refractivity contribution < 1.29 is 14.3 Å². The summed E-state index contributed by atoms with van der Waals surface area (Å²) in [5.74, 6) is 0.341. The van der Waals surface area contributed by atoms with Gasteiger partial charge in [0.2, 0.25) is 0 Å². The minimum Gasteiger partial charge on any atom is -0.493 e. The van der Waals surface area contributed by atoms with E-state index in [0.29, 0.717) is 23.7 Å². The van der Waals surface area contributed by atoms with Crippen LogP contribution in [0.4, 0.5) is 0 Å². The van der Waals surface area contributed by atoms with Crippen molar-refractivity contribution in [3.63, 3.8) is 0 Å². The zero-order valence-corrected chi connectivity index (χ0v) is 12.9. The van der Waals surface area contributed by atoms with E-state index in [2.05, 4.69) is 0 Å². The second-order valence-corrected chi connectivity index (χ2v) is 4.76. The lowest BCUT2D eigenvalue weighted by Gasteiger charge is -2.08. The van der Waals surface area contributed by atoms with Crippen LogP contribution in [0.3, 0.4) is 0 Å². The lowest BCUT2D eigenvalue weighted by Crippen LogP contribution is -2.10. The summed E-state index contributed by atoms with van der Waals surface area (Å²) in [5, 5.41) is 9.24. The molecule has 0 unspecified atom stereocenters. The fraction of sp³-hybridized carbons (Fsp3) is 0.158. The molecule has 0 N–H and O–H groups in total. The first-order valence-electron chi connectivity index (χ1n) is 7.35. The SMILES string of the molecule is CCCOc1ccccc1/C=C(\C#N)C(=O)Oc1ccccc1. The Morgan fingerprint density at radius 2 is 1.83 bits per heavy atom. The van der Waals surface area contributed by atoms with E-state index in [-0.39, 0.29) is 5.57 Å². The highest BCUT2D eigenvalue weighted by molar-refractivity contribution is 5.99. The summed E-state index contributed by atoms with van der Waals surface area (Å²) in [6.07, 6.45) is 2.36. The van der Waals surface area contributed by atoms with Crippen molar-refractivity contribution in [2.45, 2.75) is 13.3 Å². The number of ether oxygens (including phenoxy) is 2.